The van der Waals surface area contributed by atoms with Gasteiger partial charge in [-0.25, -0.2) is 5.43 Å². The number of carbonyl (C=O) groups excluding carboxylic acids is 1. The summed E-state index contributed by atoms with van der Waals surface area (Å²) in [5.41, 5.74) is 2.68. The zero-order valence-corrected chi connectivity index (χ0v) is 14.3. The Labute approximate surface area is 149 Å². The molecule has 0 fully saturated rings. The number of hydrazone groups is 1. The number of aliphatic hydroxyl groups is 1. The maximum absolute atomic E-state index is 11.3. The number of hydrogen-bond donors (Lipinski definition) is 3. The van der Waals surface area contributed by atoms with Crippen molar-refractivity contribution in [2.45, 2.75) is 11.5 Å². The second kappa shape index (κ2) is 9.58. The first kappa shape index (κ1) is 18.7. The summed E-state index contributed by atoms with van der Waals surface area (Å²) >= 11 is 11.8. The quantitative estimate of drug-likeness (QED) is 0.465. The summed E-state index contributed by atoms with van der Waals surface area (Å²) in [5.74, 6) is 0.144. The second-order valence-corrected chi connectivity index (χ2v) is 5.85. The molecule has 130 valence electrons. The first-order valence-electron chi connectivity index (χ1n) is 7.35. The van der Waals surface area contributed by atoms with Crippen LogP contribution in [-0.4, -0.2) is 60.7 Å². The van der Waals surface area contributed by atoms with Crippen LogP contribution in [0.4, 0.5) is 0 Å². The lowest BCUT2D eigenvalue weighted by Crippen LogP contribution is -2.39. The third kappa shape index (κ3) is 5.76. The number of amides is 1. The number of benzene rings is 1. The average molecular weight is 373 g/mol. The Hall–Kier alpha value is -1.67. The zero-order chi connectivity index (χ0) is 17.4. The molecule has 0 bridgehead atoms. The van der Waals surface area contributed by atoms with E-state index < -0.39 is 17.4 Å². The molecular formula is C15H18Cl2N4O3. The Morgan fingerprint density at radius 3 is 3.04 bits per heavy atom. The van der Waals surface area contributed by atoms with Crippen molar-refractivity contribution < 1.29 is 14.6 Å². The normalized spacial score (nSPS) is 20.0. The summed E-state index contributed by atoms with van der Waals surface area (Å²) in [7, 11) is 0. The van der Waals surface area contributed by atoms with Crippen LogP contribution in [0.5, 0.6) is 5.75 Å². The van der Waals surface area contributed by atoms with Gasteiger partial charge in [0.1, 0.15) is 18.5 Å². The van der Waals surface area contributed by atoms with Gasteiger partial charge in [-0.15, -0.1) is 11.6 Å². The number of carbonyl (C=O) groups is 1. The molecule has 0 radical (unpaired) electrons. The van der Waals surface area contributed by atoms with Crippen molar-refractivity contribution in [3.63, 3.8) is 0 Å². The number of aliphatic hydroxyl groups excluding tert-OH is 1. The predicted molar refractivity (Wildman–Crippen MR) is 94.4 cm³/mol. The van der Waals surface area contributed by atoms with E-state index in [1.54, 1.807) is 18.2 Å². The number of alkyl halides is 1. The molecule has 1 aromatic carbocycles. The Morgan fingerprint density at radius 1 is 1.46 bits per heavy atom. The molecule has 0 saturated carbocycles. The Balaban J connectivity index is 1.63. The van der Waals surface area contributed by atoms with E-state index in [9.17, 15) is 9.90 Å². The lowest BCUT2D eigenvalue weighted by atomic mass is 10.2. The number of nitrogens with one attached hydrogen (secondary N) is 2. The molecule has 3 N–H and O–H groups in total. The molecule has 0 aliphatic carbocycles. The largest absolute Gasteiger partial charge is 0.489 e. The third-order valence-corrected chi connectivity index (χ3v) is 3.83. The Kier molecular flexibility index (Phi) is 7.45. The van der Waals surface area contributed by atoms with Gasteiger partial charge in [-0.2, -0.15) is 5.10 Å². The van der Waals surface area contributed by atoms with Crippen molar-refractivity contribution in [2.75, 3.05) is 26.2 Å². The molecule has 1 amide bonds. The summed E-state index contributed by atoms with van der Waals surface area (Å²) in [6, 6.07) is 7.08. The molecule has 1 heterocycles. The van der Waals surface area contributed by atoms with Crippen LogP contribution in [0.15, 0.2) is 34.4 Å². The number of rotatable bonds is 8. The van der Waals surface area contributed by atoms with E-state index in [0.717, 1.165) is 0 Å². The molecule has 9 heteroatoms. The topological polar surface area (TPSA) is 95.3 Å². The number of aliphatic imine (C=N–C) groups is 1. The fourth-order valence-electron chi connectivity index (χ4n) is 1.88. The van der Waals surface area contributed by atoms with Crippen LogP contribution >= 0.6 is 23.2 Å². The summed E-state index contributed by atoms with van der Waals surface area (Å²) in [4.78, 5) is 15.5. The van der Waals surface area contributed by atoms with Gasteiger partial charge in [-0.05, 0) is 12.1 Å². The van der Waals surface area contributed by atoms with Gasteiger partial charge in [0.05, 0.1) is 23.5 Å². The molecule has 0 spiro atoms. The lowest BCUT2D eigenvalue weighted by molar-refractivity contribution is -0.119. The van der Waals surface area contributed by atoms with Gasteiger partial charge in [0.2, 0.25) is 0 Å². The van der Waals surface area contributed by atoms with Crippen LogP contribution in [0.25, 0.3) is 0 Å². The summed E-state index contributed by atoms with van der Waals surface area (Å²) < 4.78 is 5.45. The molecule has 24 heavy (non-hydrogen) atoms. The van der Waals surface area contributed by atoms with Gasteiger partial charge in [0.15, 0.2) is 5.38 Å². The predicted octanol–water partition coefficient (Wildman–Crippen LogP) is 0.833. The standard InChI is InChI=1S/C15H18Cl2N4O3/c16-11-3-1-2-4-13(11)24-9-10(22)7-18-5-6-19-12-8-20-21-15(23)14(12)17/h1-4,8,10,14,18,22H,5-7,9H2,(H,21,23). The third-order valence-electron chi connectivity index (χ3n) is 3.09. The fourth-order valence-corrected chi connectivity index (χ4v) is 2.24. The van der Waals surface area contributed by atoms with Gasteiger partial charge in [-0.3, -0.25) is 9.79 Å². The Bertz CT molecular complexity index is 624. The highest BCUT2D eigenvalue weighted by Crippen LogP contribution is 2.22. The van der Waals surface area contributed by atoms with Gasteiger partial charge < -0.3 is 15.2 Å². The van der Waals surface area contributed by atoms with Crippen LogP contribution in [-0.2, 0) is 4.79 Å². The molecule has 2 atom stereocenters. The summed E-state index contributed by atoms with van der Waals surface area (Å²) in [6.07, 6.45) is 0.738. The summed E-state index contributed by atoms with van der Waals surface area (Å²) in [5, 5.41) is 16.2. The van der Waals surface area contributed by atoms with Crippen LogP contribution in [0, 0.1) is 0 Å². The molecule has 2 rings (SSSR count). The molecule has 0 saturated heterocycles. The van der Waals surface area contributed by atoms with Crippen LogP contribution in [0.2, 0.25) is 5.02 Å². The maximum Gasteiger partial charge on any atom is 0.264 e. The van der Waals surface area contributed by atoms with Crippen molar-refractivity contribution in [2.24, 2.45) is 10.1 Å². The van der Waals surface area contributed by atoms with E-state index in [-0.39, 0.29) is 6.61 Å². The lowest BCUT2D eigenvalue weighted by Gasteiger charge is -2.14. The number of ether oxygens (including phenoxy) is 1. The summed E-state index contributed by atoms with van der Waals surface area (Å²) in [6.45, 7) is 1.40. The van der Waals surface area contributed by atoms with Crippen molar-refractivity contribution in [3.05, 3.63) is 29.3 Å². The van der Waals surface area contributed by atoms with Crippen LogP contribution in [0.1, 0.15) is 0 Å². The zero-order valence-electron chi connectivity index (χ0n) is 12.8. The highest BCUT2D eigenvalue weighted by Gasteiger charge is 2.23. The van der Waals surface area contributed by atoms with Crippen LogP contribution < -0.4 is 15.5 Å². The minimum Gasteiger partial charge on any atom is -0.489 e. The average Bonchev–Trinajstić information content (AvgIpc) is 2.57. The van der Waals surface area contributed by atoms with Gasteiger partial charge in [-0.1, -0.05) is 23.7 Å². The van der Waals surface area contributed by atoms with E-state index in [4.69, 9.17) is 27.9 Å². The van der Waals surface area contributed by atoms with E-state index in [0.29, 0.717) is 36.1 Å². The monoisotopic (exact) mass is 372 g/mol. The van der Waals surface area contributed by atoms with Crippen LogP contribution in [0.3, 0.4) is 0 Å². The van der Waals surface area contributed by atoms with E-state index in [1.165, 1.54) is 6.21 Å². The van der Waals surface area contributed by atoms with Gasteiger partial charge in [0.25, 0.3) is 5.91 Å². The fraction of sp³-hybridized carbons (Fsp3) is 0.400. The van der Waals surface area contributed by atoms with Crippen molar-refractivity contribution in [1.29, 1.82) is 0 Å². The van der Waals surface area contributed by atoms with E-state index in [1.807, 2.05) is 6.07 Å². The molecule has 1 aliphatic heterocycles. The van der Waals surface area contributed by atoms with Gasteiger partial charge >= 0.3 is 0 Å². The van der Waals surface area contributed by atoms with Gasteiger partial charge in [0, 0.05) is 13.1 Å². The minimum atomic E-state index is -0.822. The molecule has 2 unspecified atom stereocenters. The highest BCUT2D eigenvalue weighted by atomic mass is 35.5. The molecule has 1 aromatic rings. The molecule has 1 aliphatic rings. The Morgan fingerprint density at radius 2 is 2.25 bits per heavy atom. The van der Waals surface area contributed by atoms with E-state index in [2.05, 4.69) is 20.8 Å². The first-order chi connectivity index (χ1) is 11.6. The van der Waals surface area contributed by atoms with E-state index >= 15 is 0 Å². The van der Waals surface area contributed by atoms with Crippen molar-refractivity contribution in [3.8, 4) is 5.75 Å². The number of para-hydroxylation sites is 1. The minimum absolute atomic E-state index is 0.127. The molecular weight excluding hydrogens is 355 g/mol. The second-order valence-electron chi connectivity index (χ2n) is 5.00. The number of halogens is 2. The SMILES string of the molecule is O=C1NN=CC(=NCCNCC(O)COc2ccccc2Cl)C1Cl. The maximum atomic E-state index is 11.3. The first-order valence-corrected chi connectivity index (χ1v) is 8.17. The van der Waals surface area contributed by atoms with Crippen molar-refractivity contribution in [1.82, 2.24) is 10.7 Å². The van der Waals surface area contributed by atoms with Crippen molar-refractivity contribution >= 4 is 41.0 Å². The molecule has 7 nitrogen and oxygen atoms in total. The highest BCUT2D eigenvalue weighted by molar-refractivity contribution is 6.54. The number of nitrogens with zero attached hydrogens (tertiary/aromatic N) is 2. The molecule has 0 aromatic heterocycles. The smallest absolute Gasteiger partial charge is 0.264 e. The number of hydrogen-bond acceptors (Lipinski definition) is 6.